The lowest BCUT2D eigenvalue weighted by atomic mass is 10.2. The molecular weight excluding hydrogens is 368 g/mol. The molecule has 1 atom stereocenters. The molecule has 1 unspecified atom stereocenters. The van der Waals surface area contributed by atoms with Crippen LogP contribution in [0.25, 0.3) is 0 Å². The minimum absolute atomic E-state index is 0.121. The average molecular weight is 393 g/mol. The van der Waals surface area contributed by atoms with Gasteiger partial charge < -0.3 is 5.32 Å². The van der Waals surface area contributed by atoms with Gasteiger partial charge in [0, 0.05) is 22.1 Å². The highest BCUT2D eigenvalue weighted by molar-refractivity contribution is 8.00. The van der Waals surface area contributed by atoms with E-state index >= 15 is 0 Å². The first-order chi connectivity index (χ1) is 10.9. The molecule has 0 spiro atoms. The van der Waals surface area contributed by atoms with Crippen LogP contribution in [-0.4, -0.2) is 43.7 Å². The van der Waals surface area contributed by atoms with Crippen molar-refractivity contribution < 1.29 is 13.2 Å². The number of halogens is 1. The number of thioether (sulfide) groups is 1. The van der Waals surface area contributed by atoms with Crippen LogP contribution in [0.5, 0.6) is 0 Å². The van der Waals surface area contributed by atoms with Crippen molar-refractivity contribution in [3.05, 3.63) is 29.3 Å². The Kier molecular flexibility index (Phi) is 7.44. The standard InChI is InChI=1S/C16H25ClN2O3S2/c1-12(15(20)18-9-10-23-16(2,3)4)19(24(5,21)22)14-8-6-7-13(17)11-14/h6-8,11-12H,9-10H2,1-5H3,(H,18,20). The van der Waals surface area contributed by atoms with E-state index in [2.05, 4.69) is 26.1 Å². The van der Waals surface area contributed by atoms with Crippen LogP contribution >= 0.6 is 23.4 Å². The third kappa shape index (κ3) is 6.91. The van der Waals surface area contributed by atoms with Gasteiger partial charge in [-0.3, -0.25) is 9.10 Å². The highest BCUT2D eigenvalue weighted by Crippen LogP contribution is 2.24. The van der Waals surface area contributed by atoms with Gasteiger partial charge in [-0.05, 0) is 25.1 Å². The van der Waals surface area contributed by atoms with E-state index in [1.54, 1.807) is 36.9 Å². The summed E-state index contributed by atoms with van der Waals surface area (Å²) in [4.78, 5) is 12.4. The normalized spacial score (nSPS) is 13.4. The molecule has 0 aliphatic carbocycles. The van der Waals surface area contributed by atoms with Gasteiger partial charge in [0.25, 0.3) is 0 Å². The smallest absolute Gasteiger partial charge is 0.243 e. The number of nitrogens with zero attached hydrogens (tertiary/aromatic N) is 1. The maximum Gasteiger partial charge on any atom is 0.243 e. The van der Waals surface area contributed by atoms with Crippen molar-refractivity contribution in [2.24, 2.45) is 0 Å². The number of nitrogens with one attached hydrogen (secondary N) is 1. The lowest BCUT2D eigenvalue weighted by Gasteiger charge is -2.28. The molecule has 136 valence electrons. The van der Waals surface area contributed by atoms with E-state index in [9.17, 15) is 13.2 Å². The van der Waals surface area contributed by atoms with E-state index < -0.39 is 16.1 Å². The highest BCUT2D eigenvalue weighted by atomic mass is 35.5. The van der Waals surface area contributed by atoms with E-state index in [-0.39, 0.29) is 10.7 Å². The summed E-state index contributed by atoms with van der Waals surface area (Å²) in [5.74, 6) is 0.424. The maximum absolute atomic E-state index is 12.4. The number of carbonyl (C=O) groups excluding carboxylic acids is 1. The predicted octanol–water partition coefficient (Wildman–Crippen LogP) is 3.14. The fourth-order valence-corrected chi connectivity index (χ4v) is 4.27. The molecule has 8 heteroatoms. The molecule has 0 aromatic heterocycles. The van der Waals surface area contributed by atoms with Gasteiger partial charge in [-0.25, -0.2) is 8.42 Å². The molecule has 0 fully saturated rings. The Hall–Kier alpha value is -0.920. The van der Waals surface area contributed by atoms with Gasteiger partial charge in [-0.2, -0.15) is 11.8 Å². The molecule has 0 bridgehead atoms. The summed E-state index contributed by atoms with van der Waals surface area (Å²) in [6.45, 7) is 8.36. The lowest BCUT2D eigenvalue weighted by molar-refractivity contribution is -0.121. The van der Waals surface area contributed by atoms with Crippen molar-refractivity contribution in [2.75, 3.05) is 22.9 Å². The molecule has 5 nitrogen and oxygen atoms in total. The van der Waals surface area contributed by atoms with Crippen LogP contribution in [-0.2, 0) is 14.8 Å². The minimum Gasteiger partial charge on any atom is -0.353 e. The van der Waals surface area contributed by atoms with Crippen LogP contribution in [0.4, 0.5) is 5.69 Å². The molecule has 0 radical (unpaired) electrons. The number of carbonyl (C=O) groups is 1. The Morgan fingerprint density at radius 3 is 2.50 bits per heavy atom. The fourth-order valence-electron chi connectivity index (χ4n) is 2.10. The van der Waals surface area contributed by atoms with E-state index in [0.717, 1.165) is 16.3 Å². The zero-order valence-electron chi connectivity index (χ0n) is 14.7. The van der Waals surface area contributed by atoms with E-state index in [0.29, 0.717) is 17.3 Å². The summed E-state index contributed by atoms with van der Waals surface area (Å²) >= 11 is 7.68. The molecule has 1 aromatic rings. The van der Waals surface area contributed by atoms with Gasteiger partial charge in [0.05, 0.1) is 11.9 Å². The molecule has 0 aliphatic rings. The molecule has 1 rings (SSSR count). The molecule has 1 aromatic carbocycles. The largest absolute Gasteiger partial charge is 0.353 e. The molecule has 24 heavy (non-hydrogen) atoms. The lowest BCUT2D eigenvalue weighted by Crippen LogP contribution is -2.48. The SMILES string of the molecule is CC(C(=O)NCCSC(C)(C)C)N(c1cccc(Cl)c1)S(C)(=O)=O. The van der Waals surface area contributed by atoms with Crippen molar-refractivity contribution in [3.63, 3.8) is 0 Å². The van der Waals surface area contributed by atoms with Crippen molar-refractivity contribution in [3.8, 4) is 0 Å². The van der Waals surface area contributed by atoms with Crippen LogP contribution < -0.4 is 9.62 Å². The third-order valence-corrected chi connectivity index (χ3v) is 5.84. The van der Waals surface area contributed by atoms with Crippen LogP contribution in [0.15, 0.2) is 24.3 Å². The first-order valence-electron chi connectivity index (χ1n) is 7.58. The first kappa shape index (κ1) is 21.1. The zero-order chi connectivity index (χ0) is 18.5. The Morgan fingerprint density at radius 2 is 2.00 bits per heavy atom. The Balaban J connectivity index is 2.82. The summed E-state index contributed by atoms with van der Waals surface area (Å²) in [7, 11) is -3.62. The van der Waals surface area contributed by atoms with Crippen LogP contribution in [0.1, 0.15) is 27.7 Å². The summed E-state index contributed by atoms with van der Waals surface area (Å²) in [6, 6.07) is 5.59. The topological polar surface area (TPSA) is 66.5 Å². The second-order valence-corrected chi connectivity index (χ2v) is 10.7. The Morgan fingerprint density at radius 1 is 1.38 bits per heavy atom. The third-order valence-electron chi connectivity index (χ3n) is 3.09. The fraction of sp³-hybridized carbons (Fsp3) is 0.562. The molecule has 0 saturated heterocycles. The van der Waals surface area contributed by atoms with Gasteiger partial charge in [-0.15, -0.1) is 0 Å². The van der Waals surface area contributed by atoms with Gasteiger partial charge in [0.2, 0.25) is 15.9 Å². The summed E-state index contributed by atoms with van der Waals surface area (Å²) in [5, 5.41) is 3.21. The van der Waals surface area contributed by atoms with Crippen molar-refractivity contribution in [1.29, 1.82) is 0 Å². The van der Waals surface area contributed by atoms with Gasteiger partial charge in [-0.1, -0.05) is 38.4 Å². The van der Waals surface area contributed by atoms with E-state index in [1.807, 2.05) is 0 Å². The van der Waals surface area contributed by atoms with E-state index in [4.69, 9.17) is 11.6 Å². The summed E-state index contributed by atoms with van der Waals surface area (Å²) in [6.07, 6.45) is 1.08. The van der Waals surface area contributed by atoms with E-state index in [1.165, 1.54) is 6.07 Å². The number of anilines is 1. The van der Waals surface area contributed by atoms with Crippen LogP contribution in [0.2, 0.25) is 5.02 Å². The molecule has 1 amide bonds. The zero-order valence-corrected chi connectivity index (χ0v) is 17.1. The number of benzene rings is 1. The number of amides is 1. The van der Waals surface area contributed by atoms with Crippen LogP contribution in [0, 0.1) is 0 Å². The average Bonchev–Trinajstić information content (AvgIpc) is 2.41. The number of sulfonamides is 1. The number of hydrogen-bond acceptors (Lipinski definition) is 4. The molecule has 0 saturated carbocycles. The minimum atomic E-state index is -3.62. The maximum atomic E-state index is 12.4. The molecule has 0 aliphatic heterocycles. The quantitative estimate of drug-likeness (QED) is 0.724. The predicted molar refractivity (Wildman–Crippen MR) is 103 cm³/mol. The molecule has 0 heterocycles. The van der Waals surface area contributed by atoms with Crippen molar-refractivity contribution >= 4 is 45.0 Å². The Bertz CT molecular complexity index is 672. The van der Waals surface area contributed by atoms with Crippen molar-refractivity contribution in [2.45, 2.75) is 38.5 Å². The summed E-state index contributed by atoms with van der Waals surface area (Å²) in [5.41, 5.74) is 0.372. The number of rotatable bonds is 7. The second kappa shape index (κ2) is 8.45. The van der Waals surface area contributed by atoms with Gasteiger partial charge in [0.1, 0.15) is 6.04 Å². The summed E-state index contributed by atoms with van der Waals surface area (Å²) < 4.78 is 25.5. The monoisotopic (exact) mass is 392 g/mol. The first-order valence-corrected chi connectivity index (χ1v) is 10.8. The second-order valence-electron chi connectivity index (χ2n) is 6.47. The molecular formula is C16H25ClN2O3S2. The van der Waals surface area contributed by atoms with Crippen LogP contribution in [0.3, 0.4) is 0 Å². The highest BCUT2D eigenvalue weighted by Gasteiger charge is 2.29. The molecule has 1 N–H and O–H groups in total. The van der Waals surface area contributed by atoms with Gasteiger partial charge >= 0.3 is 0 Å². The Labute approximate surface area is 154 Å². The number of hydrogen-bond donors (Lipinski definition) is 1. The van der Waals surface area contributed by atoms with Gasteiger partial charge in [0.15, 0.2) is 0 Å². The van der Waals surface area contributed by atoms with Crippen molar-refractivity contribution in [1.82, 2.24) is 5.32 Å².